The van der Waals surface area contributed by atoms with Crippen LogP contribution in [-0.2, 0) is 13.0 Å². The van der Waals surface area contributed by atoms with Gasteiger partial charge in [-0.05, 0) is 37.1 Å². The molecule has 23 heavy (non-hydrogen) atoms. The van der Waals surface area contributed by atoms with Crippen molar-refractivity contribution in [3.8, 4) is 0 Å². The van der Waals surface area contributed by atoms with Crippen molar-refractivity contribution >= 4 is 10.9 Å². The lowest BCUT2D eigenvalue weighted by molar-refractivity contribution is 0.140. The van der Waals surface area contributed by atoms with Gasteiger partial charge in [-0.15, -0.1) is 0 Å². The molecule has 0 saturated carbocycles. The predicted octanol–water partition coefficient (Wildman–Crippen LogP) is 2.23. The maximum absolute atomic E-state index is 10.4. The third kappa shape index (κ3) is 2.90. The number of benzene rings is 1. The fourth-order valence-electron chi connectivity index (χ4n) is 3.65. The Labute approximate surface area is 135 Å². The SMILES string of the molecule is Cc1cc(C[C@@H]2CN(Cc3cccc4[nH]ccc34)C[C@H]2O)n[nH]1. The summed E-state index contributed by atoms with van der Waals surface area (Å²) in [5.41, 5.74) is 4.60. The molecule has 3 aromatic rings. The van der Waals surface area contributed by atoms with Gasteiger partial charge < -0.3 is 10.1 Å². The van der Waals surface area contributed by atoms with Gasteiger partial charge in [0, 0.05) is 48.3 Å². The molecule has 2 atom stereocenters. The van der Waals surface area contributed by atoms with E-state index < -0.39 is 0 Å². The first-order chi connectivity index (χ1) is 11.2. The molecule has 0 radical (unpaired) electrons. The number of rotatable bonds is 4. The van der Waals surface area contributed by atoms with E-state index in [1.54, 1.807) is 0 Å². The number of aliphatic hydroxyl groups excluding tert-OH is 1. The van der Waals surface area contributed by atoms with Crippen LogP contribution < -0.4 is 0 Å². The Balaban J connectivity index is 1.46. The Morgan fingerprint density at radius 3 is 3.04 bits per heavy atom. The zero-order valence-electron chi connectivity index (χ0n) is 13.3. The molecule has 1 aliphatic rings. The van der Waals surface area contributed by atoms with Crippen molar-refractivity contribution in [1.82, 2.24) is 20.1 Å². The van der Waals surface area contributed by atoms with E-state index in [1.165, 1.54) is 16.5 Å². The molecule has 3 heterocycles. The molecule has 2 aromatic heterocycles. The normalized spacial score (nSPS) is 22.2. The zero-order valence-corrected chi connectivity index (χ0v) is 13.3. The van der Waals surface area contributed by atoms with E-state index in [-0.39, 0.29) is 12.0 Å². The number of hydrogen-bond donors (Lipinski definition) is 3. The van der Waals surface area contributed by atoms with Crippen LogP contribution in [0.4, 0.5) is 0 Å². The molecule has 0 amide bonds. The molecule has 5 nitrogen and oxygen atoms in total. The Morgan fingerprint density at radius 2 is 2.22 bits per heavy atom. The van der Waals surface area contributed by atoms with Crippen LogP contribution in [-0.4, -0.2) is 44.4 Å². The standard InChI is InChI=1S/C18H22N4O/c1-12-7-15(21-20-12)8-14-10-22(11-18(14)23)9-13-3-2-4-17-16(13)5-6-19-17/h2-7,14,18-19,23H,8-11H2,1H3,(H,20,21)/t14-,18-/m1/s1. The second kappa shape index (κ2) is 5.83. The fourth-order valence-corrected chi connectivity index (χ4v) is 3.65. The number of aryl methyl sites for hydroxylation is 1. The fraction of sp³-hybridized carbons (Fsp3) is 0.389. The lowest BCUT2D eigenvalue weighted by atomic mass is 10.00. The third-order valence-corrected chi connectivity index (χ3v) is 4.79. The number of hydrogen-bond acceptors (Lipinski definition) is 3. The van der Waals surface area contributed by atoms with Crippen LogP contribution in [0.1, 0.15) is 17.0 Å². The summed E-state index contributed by atoms with van der Waals surface area (Å²) < 4.78 is 0. The van der Waals surface area contributed by atoms with Gasteiger partial charge in [-0.1, -0.05) is 12.1 Å². The molecule has 1 fully saturated rings. The Morgan fingerprint density at radius 1 is 1.30 bits per heavy atom. The molecule has 4 rings (SSSR count). The highest BCUT2D eigenvalue weighted by Crippen LogP contribution is 2.25. The van der Waals surface area contributed by atoms with E-state index in [4.69, 9.17) is 0 Å². The third-order valence-electron chi connectivity index (χ3n) is 4.79. The van der Waals surface area contributed by atoms with Gasteiger partial charge in [0.05, 0.1) is 11.8 Å². The molecule has 1 saturated heterocycles. The van der Waals surface area contributed by atoms with Crippen LogP contribution >= 0.6 is 0 Å². The highest BCUT2D eigenvalue weighted by Gasteiger charge is 2.31. The van der Waals surface area contributed by atoms with Crippen molar-refractivity contribution in [2.75, 3.05) is 13.1 Å². The van der Waals surface area contributed by atoms with Gasteiger partial charge in [0.1, 0.15) is 0 Å². The minimum Gasteiger partial charge on any atom is -0.391 e. The molecular weight excluding hydrogens is 288 g/mol. The summed E-state index contributed by atoms with van der Waals surface area (Å²) in [6, 6.07) is 10.6. The average Bonchev–Trinajstić information content (AvgIpc) is 3.22. The molecule has 120 valence electrons. The summed E-state index contributed by atoms with van der Waals surface area (Å²) in [4.78, 5) is 5.60. The number of aliphatic hydroxyl groups is 1. The number of fused-ring (bicyclic) bond motifs is 1. The van der Waals surface area contributed by atoms with Crippen LogP contribution in [0, 0.1) is 12.8 Å². The number of β-amino-alcohol motifs (C(OH)–C–C–N with tert-alkyl or cyclic N) is 1. The summed E-state index contributed by atoms with van der Waals surface area (Å²) in [6.45, 7) is 4.52. The number of nitrogens with one attached hydrogen (secondary N) is 2. The predicted molar refractivity (Wildman–Crippen MR) is 90.1 cm³/mol. The van der Waals surface area contributed by atoms with Crippen molar-refractivity contribution in [3.63, 3.8) is 0 Å². The summed E-state index contributed by atoms with van der Waals surface area (Å²) in [5.74, 6) is 0.253. The molecule has 1 aliphatic heterocycles. The average molecular weight is 310 g/mol. The maximum Gasteiger partial charge on any atom is 0.0711 e. The van der Waals surface area contributed by atoms with Gasteiger partial charge in [0.15, 0.2) is 0 Å². The largest absolute Gasteiger partial charge is 0.391 e. The Hall–Kier alpha value is -2.11. The highest BCUT2D eigenvalue weighted by atomic mass is 16.3. The van der Waals surface area contributed by atoms with E-state index in [1.807, 2.05) is 13.1 Å². The number of H-pyrrole nitrogens is 2. The highest BCUT2D eigenvalue weighted by molar-refractivity contribution is 5.82. The molecule has 0 spiro atoms. The lowest BCUT2D eigenvalue weighted by Crippen LogP contribution is -2.21. The first kappa shape index (κ1) is 14.5. The quantitative estimate of drug-likeness (QED) is 0.692. The van der Waals surface area contributed by atoms with Crippen molar-refractivity contribution < 1.29 is 5.11 Å². The minimum atomic E-state index is -0.280. The Bertz CT molecular complexity index is 806. The van der Waals surface area contributed by atoms with E-state index in [0.717, 1.165) is 37.4 Å². The summed E-state index contributed by atoms with van der Waals surface area (Å²) in [6.07, 6.45) is 2.53. The van der Waals surface area contributed by atoms with Crippen molar-refractivity contribution in [2.24, 2.45) is 5.92 Å². The van der Waals surface area contributed by atoms with Crippen LogP contribution in [0.25, 0.3) is 10.9 Å². The molecular formula is C18H22N4O. The van der Waals surface area contributed by atoms with Crippen LogP contribution in [0.2, 0.25) is 0 Å². The smallest absolute Gasteiger partial charge is 0.0711 e. The van der Waals surface area contributed by atoms with Gasteiger partial charge in [0.25, 0.3) is 0 Å². The molecule has 0 unspecified atom stereocenters. The second-order valence-electron chi connectivity index (χ2n) is 6.62. The zero-order chi connectivity index (χ0) is 15.8. The van der Waals surface area contributed by atoms with Gasteiger partial charge in [0.2, 0.25) is 0 Å². The minimum absolute atomic E-state index is 0.253. The molecule has 5 heteroatoms. The summed E-state index contributed by atoms with van der Waals surface area (Å²) in [5, 5.41) is 18.9. The number of likely N-dealkylation sites (tertiary alicyclic amines) is 1. The van der Waals surface area contributed by atoms with Gasteiger partial charge in [-0.2, -0.15) is 5.10 Å². The van der Waals surface area contributed by atoms with Crippen molar-refractivity contribution in [3.05, 3.63) is 53.5 Å². The second-order valence-corrected chi connectivity index (χ2v) is 6.62. The van der Waals surface area contributed by atoms with Crippen LogP contribution in [0.5, 0.6) is 0 Å². The topological polar surface area (TPSA) is 67.9 Å². The van der Waals surface area contributed by atoms with Crippen LogP contribution in [0.15, 0.2) is 36.5 Å². The monoisotopic (exact) mass is 310 g/mol. The number of aromatic amines is 2. The first-order valence-electron chi connectivity index (χ1n) is 8.15. The van der Waals surface area contributed by atoms with E-state index >= 15 is 0 Å². The van der Waals surface area contributed by atoms with Gasteiger partial charge >= 0.3 is 0 Å². The van der Waals surface area contributed by atoms with Crippen LogP contribution in [0.3, 0.4) is 0 Å². The van der Waals surface area contributed by atoms with Gasteiger partial charge in [-0.3, -0.25) is 10.00 Å². The van der Waals surface area contributed by atoms with E-state index in [9.17, 15) is 5.11 Å². The van der Waals surface area contributed by atoms with E-state index in [0.29, 0.717) is 0 Å². The van der Waals surface area contributed by atoms with Crippen molar-refractivity contribution in [1.29, 1.82) is 0 Å². The van der Waals surface area contributed by atoms with Gasteiger partial charge in [-0.25, -0.2) is 0 Å². The molecule has 0 aliphatic carbocycles. The van der Waals surface area contributed by atoms with Crippen molar-refractivity contribution in [2.45, 2.75) is 26.0 Å². The lowest BCUT2D eigenvalue weighted by Gasteiger charge is -2.16. The molecule has 3 N–H and O–H groups in total. The Kier molecular flexibility index (Phi) is 3.67. The number of nitrogens with zero attached hydrogens (tertiary/aromatic N) is 2. The molecule has 0 bridgehead atoms. The maximum atomic E-state index is 10.4. The summed E-state index contributed by atoms with van der Waals surface area (Å²) >= 11 is 0. The van der Waals surface area contributed by atoms with E-state index in [2.05, 4.69) is 50.4 Å². The summed E-state index contributed by atoms with van der Waals surface area (Å²) in [7, 11) is 0. The first-order valence-corrected chi connectivity index (χ1v) is 8.15. The number of aromatic nitrogens is 3. The molecule has 1 aromatic carbocycles.